The molecule has 7 nitrogen and oxygen atoms in total. The van der Waals surface area contributed by atoms with Crippen LogP contribution < -0.4 is 11.1 Å². The van der Waals surface area contributed by atoms with Gasteiger partial charge in [-0.2, -0.15) is 0 Å². The Bertz CT molecular complexity index is 1150. The molecule has 144 valence electrons. The number of nitrogens with zero attached hydrogens (tertiary/aromatic N) is 3. The standard InChI is InChI=1S/C19H15F2N3O4/c20-17-12(5-7-23-11-14(19(27)28)3-4-15(23)25)1-2-13(18(17)21)10-24-8-6-22-9-16(24)26/h1-4,6,8-9,11H,5,7,10H2,(H,27,28). The summed E-state index contributed by atoms with van der Waals surface area (Å²) in [5.74, 6) is -3.34. The van der Waals surface area contributed by atoms with Gasteiger partial charge in [-0.25, -0.2) is 13.6 Å². The van der Waals surface area contributed by atoms with Crippen LogP contribution >= 0.6 is 0 Å². The molecule has 1 N–H and O–H groups in total. The van der Waals surface area contributed by atoms with Crippen LogP contribution in [0.1, 0.15) is 21.5 Å². The largest absolute Gasteiger partial charge is 0.478 e. The lowest BCUT2D eigenvalue weighted by Crippen LogP contribution is -2.22. The summed E-state index contributed by atoms with van der Waals surface area (Å²) in [6, 6.07) is 5.04. The van der Waals surface area contributed by atoms with Gasteiger partial charge in [-0.1, -0.05) is 12.1 Å². The van der Waals surface area contributed by atoms with Crippen LogP contribution in [0.25, 0.3) is 0 Å². The Morgan fingerprint density at radius 3 is 2.43 bits per heavy atom. The van der Waals surface area contributed by atoms with Gasteiger partial charge < -0.3 is 14.2 Å². The zero-order valence-electron chi connectivity index (χ0n) is 14.5. The van der Waals surface area contributed by atoms with Crippen LogP contribution in [0, 0.1) is 11.6 Å². The summed E-state index contributed by atoms with van der Waals surface area (Å²) in [6.07, 6.45) is 4.96. The van der Waals surface area contributed by atoms with E-state index in [2.05, 4.69) is 4.98 Å². The van der Waals surface area contributed by atoms with Gasteiger partial charge in [0.2, 0.25) is 0 Å². The van der Waals surface area contributed by atoms with E-state index in [1.54, 1.807) is 0 Å². The molecule has 0 aliphatic rings. The number of carboxylic acid groups (broad SMARTS) is 1. The van der Waals surface area contributed by atoms with Gasteiger partial charge in [0.05, 0.1) is 18.3 Å². The zero-order chi connectivity index (χ0) is 20.3. The molecule has 0 saturated carbocycles. The van der Waals surface area contributed by atoms with Crippen molar-refractivity contribution in [1.29, 1.82) is 0 Å². The maximum Gasteiger partial charge on any atom is 0.337 e. The van der Waals surface area contributed by atoms with Crippen molar-refractivity contribution in [2.75, 3.05) is 0 Å². The molecular formula is C19H15F2N3O4. The normalized spacial score (nSPS) is 10.8. The number of benzene rings is 1. The van der Waals surface area contributed by atoms with Crippen LogP contribution in [0.4, 0.5) is 8.78 Å². The molecule has 0 unspecified atom stereocenters. The highest BCUT2D eigenvalue weighted by molar-refractivity contribution is 5.87. The molecule has 0 aliphatic heterocycles. The predicted octanol–water partition coefficient (Wildman–Crippen LogP) is 1.67. The summed E-state index contributed by atoms with van der Waals surface area (Å²) < 4.78 is 31.1. The summed E-state index contributed by atoms with van der Waals surface area (Å²) >= 11 is 0. The third-order valence-corrected chi connectivity index (χ3v) is 4.24. The maximum atomic E-state index is 14.4. The van der Waals surface area contributed by atoms with E-state index in [0.717, 1.165) is 23.0 Å². The molecule has 0 aliphatic carbocycles. The Morgan fingerprint density at radius 1 is 1.00 bits per heavy atom. The molecule has 3 aromatic rings. The highest BCUT2D eigenvalue weighted by atomic mass is 19.2. The lowest BCUT2D eigenvalue weighted by Gasteiger charge is -2.11. The molecule has 0 bridgehead atoms. The number of aromatic carboxylic acids is 1. The minimum absolute atomic E-state index is 0.000378. The first-order valence-corrected chi connectivity index (χ1v) is 8.27. The third kappa shape index (κ3) is 4.03. The monoisotopic (exact) mass is 387 g/mol. The number of aryl methyl sites for hydroxylation is 2. The second-order valence-corrected chi connectivity index (χ2v) is 6.06. The smallest absolute Gasteiger partial charge is 0.337 e. The van der Waals surface area contributed by atoms with Gasteiger partial charge in [-0.15, -0.1) is 0 Å². The number of carboxylic acids is 1. The molecule has 28 heavy (non-hydrogen) atoms. The second kappa shape index (κ2) is 7.95. The first-order valence-electron chi connectivity index (χ1n) is 8.27. The van der Waals surface area contributed by atoms with Gasteiger partial charge in [-0.05, 0) is 18.1 Å². The molecule has 3 rings (SSSR count). The van der Waals surface area contributed by atoms with Crippen LogP contribution in [-0.4, -0.2) is 25.2 Å². The molecule has 9 heteroatoms. The average Bonchev–Trinajstić information content (AvgIpc) is 2.67. The van der Waals surface area contributed by atoms with Gasteiger partial charge >= 0.3 is 5.97 Å². The number of pyridine rings is 1. The first kappa shape index (κ1) is 19.2. The fraction of sp³-hybridized carbons (Fsp3) is 0.158. The summed E-state index contributed by atoms with van der Waals surface area (Å²) in [5.41, 5.74) is -0.927. The summed E-state index contributed by atoms with van der Waals surface area (Å²) in [7, 11) is 0. The van der Waals surface area contributed by atoms with Crippen LogP contribution in [0.15, 0.2) is 58.6 Å². The van der Waals surface area contributed by atoms with E-state index in [1.165, 1.54) is 35.2 Å². The second-order valence-electron chi connectivity index (χ2n) is 6.06. The molecule has 0 radical (unpaired) electrons. The highest BCUT2D eigenvalue weighted by Crippen LogP contribution is 2.18. The lowest BCUT2D eigenvalue weighted by atomic mass is 10.1. The Balaban J connectivity index is 1.81. The highest BCUT2D eigenvalue weighted by Gasteiger charge is 2.14. The lowest BCUT2D eigenvalue weighted by molar-refractivity contribution is 0.0695. The SMILES string of the molecule is O=C(O)c1ccc(=O)n(CCc2ccc(Cn3ccncc3=O)c(F)c2F)c1. The predicted molar refractivity (Wildman–Crippen MR) is 95.3 cm³/mol. The maximum absolute atomic E-state index is 14.4. The zero-order valence-corrected chi connectivity index (χ0v) is 14.5. The number of halogens is 2. The molecule has 0 amide bonds. The number of rotatable bonds is 6. The van der Waals surface area contributed by atoms with E-state index in [9.17, 15) is 23.2 Å². The summed E-state index contributed by atoms with van der Waals surface area (Å²) in [5, 5.41) is 8.98. The van der Waals surface area contributed by atoms with Gasteiger partial charge in [0, 0.05) is 36.8 Å². The van der Waals surface area contributed by atoms with Crippen molar-refractivity contribution in [2.24, 2.45) is 0 Å². The van der Waals surface area contributed by atoms with Gasteiger partial charge in [-0.3, -0.25) is 14.6 Å². The third-order valence-electron chi connectivity index (χ3n) is 4.24. The van der Waals surface area contributed by atoms with Crippen molar-refractivity contribution < 1.29 is 18.7 Å². The van der Waals surface area contributed by atoms with E-state index in [1.807, 2.05) is 0 Å². The summed E-state index contributed by atoms with van der Waals surface area (Å²) in [4.78, 5) is 38.1. The van der Waals surface area contributed by atoms with Crippen LogP contribution in [-0.2, 0) is 19.5 Å². The van der Waals surface area contributed by atoms with Crippen molar-refractivity contribution in [3.8, 4) is 0 Å². The molecule has 2 aromatic heterocycles. The Hall–Kier alpha value is -3.62. The number of hydrogen-bond acceptors (Lipinski definition) is 4. The van der Waals surface area contributed by atoms with Crippen LogP contribution in [0.5, 0.6) is 0 Å². The van der Waals surface area contributed by atoms with Crippen LogP contribution in [0.2, 0.25) is 0 Å². The number of aromatic nitrogens is 3. The average molecular weight is 387 g/mol. The fourth-order valence-electron chi connectivity index (χ4n) is 2.71. The van der Waals surface area contributed by atoms with Crippen molar-refractivity contribution in [1.82, 2.24) is 14.1 Å². The molecule has 0 fully saturated rings. The molecule has 0 spiro atoms. The minimum Gasteiger partial charge on any atom is -0.478 e. The van der Waals surface area contributed by atoms with E-state index in [4.69, 9.17) is 5.11 Å². The van der Waals surface area contributed by atoms with Gasteiger partial charge in [0.1, 0.15) is 0 Å². The van der Waals surface area contributed by atoms with E-state index < -0.39 is 28.7 Å². The van der Waals surface area contributed by atoms with Gasteiger partial charge in [0.25, 0.3) is 11.1 Å². The minimum atomic E-state index is -1.19. The quantitative estimate of drug-likeness (QED) is 0.694. The Kier molecular flexibility index (Phi) is 5.44. The van der Waals surface area contributed by atoms with Crippen LogP contribution in [0.3, 0.4) is 0 Å². The van der Waals surface area contributed by atoms with Crippen molar-refractivity contribution in [2.45, 2.75) is 19.5 Å². The van der Waals surface area contributed by atoms with Crippen molar-refractivity contribution >= 4 is 5.97 Å². The van der Waals surface area contributed by atoms with Crippen molar-refractivity contribution in [3.63, 3.8) is 0 Å². The van der Waals surface area contributed by atoms with E-state index in [-0.39, 0.29) is 36.2 Å². The topological polar surface area (TPSA) is 94.2 Å². The molecule has 0 atom stereocenters. The first-order chi connectivity index (χ1) is 13.4. The summed E-state index contributed by atoms with van der Waals surface area (Å²) in [6.45, 7) is -0.163. The number of hydrogen-bond donors (Lipinski definition) is 1. The molecule has 1 aromatic carbocycles. The van der Waals surface area contributed by atoms with Crippen molar-refractivity contribution in [3.05, 3.63) is 98.1 Å². The van der Waals surface area contributed by atoms with E-state index >= 15 is 0 Å². The fourth-order valence-corrected chi connectivity index (χ4v) is 2.71. The van der Waals surface area contributed by atoms with E-state index in [0.29, 0.717) is 0 Å². The van der Waals surface area contributed by atoms with Gasteiger partial charge in [0.15, 0.2) is 11.6 Å². The Morgan fingerprint density at radius 2 is 1.71 bits per heavy atom. The number of carbonyl (C=O) groups is 1. The Labute approximate surface area is 157 Å². The molecule has 0 saturated heterocycles. The molecule has 2 heterocycles. The molecular weight excluding hydrogens is 372 g/mol.